The molecule has 0 saturated carbocycles. The van der Waals surface area contributed by atoms with Gasteiger partial charge in [0.2, 0.25) is 5.88 Å². The molecule has 3 aromatic rings. The van der Waals surface area contributed by atoms with Gasteiger partial charge in [0.05, 0.1) is 12.2 Å². The minimum absolute atomic E-state index is 0.301. The Morgan fingerprint density at radius 3 is 2.69 bits per heavy atom. The van der Waals surface area contributed by atoms with Gasteiger partial charge >= 0.3 is 0 Å². The predicted molar refractivity (Wildman–Crippen MR) is 99.2 cm³/mol. The van der Waals surface area contributed by atoms with E-state index in [-0.39, 0.29) is 0 Å². The Morgan fingerprint density at radius 1 is 1.15 bits per heavy atom. The summed E-state index contributed by atoms with van der Waals surface area (Å²) in [5, 5.41) is 4.45. The lowest BCUT2D eigenvalue weighted by Gasteiger charge is -2.16. The summed E-state index contributed by atoms with van der Waals surface area (Å²) in [7, 11) is 1.90. The minimum atomic E-state index is 0.301. The first-order valence-electron chi connectivity index (χ1n) is 8.52. The summed E-state index contributed by atoms with van der Waals surface area (Å²) in [6, 6.07) is 5.74. The van der Waals surface area contributed by atoms with Crippen molar-refractivity contribution >= 4 is 5.57 Å². The second-order valence-electron chi connectivity index (χ2n) is 6.16. The Bertz CT molecular complexity index is 931. The Kier molecular flexibility index (Phi) is 4.55. The van der Waals surface area contributed by atoms with E-state index in [0.29, 0.717) is 18.4 Å². The van der Waals surface area contributed by atoms with E-state index in [1.165, 1.54) is 0 Å². The van der Waals surface area contributed by atoms with Crippen molar-refractivity contribution in [2.24, 2.45) is 13.0 Å². The van der Waals surface area contributed by atoms with Gasteiger partial charge in [-0.15, -0.1) is 5.10 Å². The molecule has 1 aliphatic carbocycles. The second kappa shape index (κ2) is 7.31. The molecule has 26 heavy (non-hydrogen) atoms. The molecular formula is C20H19N5O. The maximum absolute atomic E-state index is 6.03. The molecular weight excluding hydrogens is 326 g/mol. The summed E-state index contributed by atoms with van der Waals surface area (Å²) in [6.45, 7) is 0.574. The second-order valence-corrected chi connectivity index (χ2v) is 6.16. The molecule has 0 bridgehead atoms. The Balaban J connectivity index is 1.42. The summed E-state index contributed by atoms with van der Waals surface area (Å²) in [4.78, 5) is 12.6. The molecule has 3 heterocycles. The molecule has 3 aromatic heterocycles. The van der Waals surface area contributed by atoms with Crippen LogP contribution in [0.5, 0.6) is 5.88 Å². The SMILES string of the molecule is Cn1cc(-c2ccncc2)c(OCC2C=CC(c3ncccn3)=CC2)n1. The lowest BCUT2D eigenvalue weighted by Crippen LogP contribution is -2.12. The third-order valence-electron chi connectivity index (χ3n) is 4.23. The summed E-state index contributed by atoms with van der Waals surface area (Å²) in [5.41, 5.74) is 3.08. The zero-order valence-electron chi connectivity index (χ0n) is 14.5. The molecule has 4 rings (SSSR count). The van der Waals surface area contributed by atoms with Crippen LogP contribution in [0.3, 0.4) is 0 Å². The van der Waals surface area contributed by atoms with Gasteiger partial charge in [0, 0.05) is 49.5 Å². The number of hydrogen-bond donors (Lipinski definition) is 0. The van der Waals surface area contributed by atoms with Crippen LogP contribution in [0.4, 0.5) is 0 Å². The molecule has 0 fully saturated rings. The van der Waals surface area contributed by atoms with Crippen molar-refractivity contribution in [3.05, 3.63) is 73.2 Å². The quantitative estimate of drug-likeness (QED) is 0.710. The molecule has 6 nitrogen and oxygen atoms in total. The van der Waals surface area contributed by atoms with Gasteiger partial charge in [-0.05, 0) is 30.2 Å². The molecule has 0 N–H and O–H groups in total. The molecule has 0 radical (unpaired) electrons. The fourth-order valence-corrected chi connectivity index (χ4v) is 2.89. The van der Waals surface area contributed by atoms with E-state index >= 15 is 0 Å². The van der Waals surface area contributed by atoms with Crippen molar-refractivity contribution in [1.29, 1.82) is 0 Å². The summed E-state index contributed by atoms with van der Waals surface area (Å²) in [6.07, 6.45) is 16.3. The number of hydrogen-bond acceptors (Lipinski definition) is 5. The van der Waals surface area contributed by atoms with E-state index in [0.717, 1.165) is 28.9 Å². The van der Waals surface area contributed by atoms with E-state index < -0.39 is 0 Å². The normalized spacial score (nSPS) is 16.3. The number of aryl methyl sites for hydroxylation is 1. The van der Waals surface area contributed by atoms with Crippen molar-refractivity contribution in [1.82, 2.24) is 24.7 Å². The van der Waals surface area contributed by atoms with Crippen LogP contribution >= 0.6 is 0 Å². The lowest BCUT2D eigenvalue weighted by molar-refractivity contribution is 0.265. The molecule has 0 saturated heterocycles. The maximum atomic E-state index is 6.03. The highest BCUT2D eigenvalue weighted by Gasteiger charge is 2.15. The highest BCUT2D eigenvalue weighted by atomic mass is 16.5. The molecule has 0 aromatic carbocycles. The Hall–Kier alpha value is -3.28. The standard InChI is InChI=1S/C20H19N5O/c1-25-13-18(16-7-11-21-12-8-16)20(24-25)26-14-15-3-5-17(6-4-15)19-22-9-2-10-23-19/h2-3,5-13,15H,4,14H2,1H3. The first-order chi connectivity index (χ1) is 12.8. The first kappa shape index (κ1) is 16.2. The predicted octanol–water partition coefficient (Wildman–Crippen LogP) is 3.31. The molecule has 1 unspecified atom stereocenters. The average molecular weight is 345 g/mol. The van der Waals surface area contributed by atoms with Crippen LogP contribution in [-0.2, 0) is 7.05 Å². The largest absolute Gasteiger partial charge is 0.476 e. The van der Waals surface area contributed by atoms with Crippen molar-refractivity contribution < 1.29 is 4.74 Å². The van der Waals surface area contributed by atoms with Crippen LogP contribution in [-0.4, -0.2) is 31.3 Å². The number of ether oxygens (including phenoxy) is 1. The van der Waals surface area contributed by atoms with E-state index in [2.05, 4.69) is 38.3 Å². The summed E-state index contributed by atoms with van der Waals surface area (Å²) < 4.78 is 7.80. The van der Waals surface area contributed by atoms with Crippen molar-refractivity contribution in [2.75, 3.05) is 6.61 Å². The molecule has 0 amide bonds. The van der Waals surface area contributed by atoms with Gasteiger partial charge in [0.1, 0.15) is 0 Å². The van der Waals surface area contributed by atoms with Crippen molar-refractivity contribution in [3.63, 3.8) is 0 Å². The van der Waals surface area contributed by atoms with E-state index in [1.54, 1.807) is 29.5 Å². The fourth-order valence-electron chi connectivity index (χ4n) is 2.89. The van der Waals surface area contributed by atoms with Crippen LogP contribution in [0.15, 0.2) is 67.4 Å². The third kappa shape index (κ3) is 3.54. The highest BCUT2D eigenvalue weighted by Crippen LogP contribution is 2.29. The number of pyridine rings is 1. The molecule has 130 valence electrons. The zero-order chi connectivity index (χ0) is 17.8. The molecule has 0 aliphatic heterocycles. The van der Waals surface area contributed by atoms with Crippen LogP contribution in [0.25, 0.3) is 16.7 Å². The molecule has 1 atom stereocenters. The number of allylic oxidation sites excluding steroid dienone is 3. The highest BCUT2D eigenvalue weighted by molar-refractivity contribution is 5.70. The van der Waals surface area contributed by atoms with Crippen LogP contribution in [0.2, 0.25) is 0 Å². The average Bonchev–Trinajstić information content (AvgIpc) is 3.09. The van der Waals surface area contributed by atoms with Gasteiger partial charge < -0.3 is 4.74 Å². The van der Waals surface area contributed by atoms with Crippen LogP contribution in [0.1, 0.15) is 12.2 Å². The van der Waals surface area contributed by atoms with Gasteiger partial charge in [-0.1, -0.05) is 18.2 Å². The van der Waals surface area contributed by atoms with Crippen LogP contribution < -0.4 is 4.74 Å². The van der Waals surface area contributed by atoms with Gasteiger partial charge in [-0.3, -0.25) is 9.67 Å². The number of rotatable bonds is 5. The Labute approximate surface area is 151 Å². The van der Waals surface area contributed by atoms with Gasteiger partial charge in [0.15, 0.2) is 5.82 Å². The summed E-state index contributed by atoms with van der Waals surface area (Å²) >= 11 is 0. The minimum Gasteiger partial charge on any atom is -0.476 e. The first-order valence-corrected chi connectivity index (χ1v) is 8.52. The Morgan fingerprint density at radius 2 is 1.96 bits per heavy atom. The fraction of sp³-hybridized carbons (Fsp3) is 0.200. The lowest BCUT2D eigenvalue weighted by atomic mass is 9.97. The smallest absolute Gasteiger partial charge is 0.240 e. The van der Waals surface area contributed by atoms with E-state index in [9.17, 15) is 0 Å². The molecule has 0 spiro atoms. The molecule has 1 aliphatic rings. The van der Waals surface area contributed by atoms with Gasteiger partial charge in [0.25, 0.3) is 0 Å². The maximum Gasteiger partial charge on any atom is 0.240 e. The zero-order valence-corrected chi connectivity index (χ0v) is 14.5. The third-order valence-corrected chi connectivity index (χ3v) is 4.23. The van der Waals surface area contributed by atoms with Gasteiger partial charge in [-0.2, -0.15) is 0 Å². The van der Waals surface area contributed by atoms with Crippen molar-refractivity contribution in [3.8, 4) is 17.0 Å². The topological polar surface area (TPSA) is 65.7 Å². The number of aromatic nitrogens is 5. The molecule has 6 heteroatoms. The summed E-state index contributed by atoms with van der Waals surface area (Å²) in [5.74, 6) is 1.70. The van der Waals surface area contributed by atoms with E-state index in [1.807, 2.05) is 31.4 Å². The van der Waals surface area contributed by atoms with Gasteiger partial charge in [-0.25, -0.2) is 9.97 Å². The van der Waals surface area contributed by atoms with E-state index in [4.69, 9.17) is 4.74 Å². The van der Waals surface area contributed by atoms with Crippen molar-refractivity contribution in [2.45, 2.75) is 6.42 Å². The van der Waals surface area contributed by atoms with Crippen LogP contribution in [0, 0.1) is 5.92 Å². The number of nitrogens with zero attached hydrogens (tertiary/aromatic N) is 5. The monoisotopic (exact) mass is 345 g/mol.